The monoisotopic (exact) mass is 238 g/mol. The Morgan fingerprint density at radius 3 is 2.59 bits per heavy atom. The fourth-order valence-electron chi connectivity index (χ4n) is 1.47. The van der Waals surface area contributed by atoms with Crippen LogP contribution in [0, 0.1) is 6.07 Å². The van der Waals surface area contributed by atoms with Crippen LogP contribution in [0.3, 0.4) is 0 Å². The zero-order chi connectivity index (χ0) is 12.5. The first kappa shape index (κ1) is 11.4. The first-order chi connectivity index (χ1) is 8.00. The van der Waals surface area contributed by atoms with Crippen LogP contribution in [0.25, 0.3) is 11.3 Å². The second kappa shape index (κ2) is 4.08. The van der Waals surface area contributed by atoms with Crippen molar-refractivity contribution in [1.82, 2.24) is 4.98 Å². The first-order valence-electron chi connectivity index (χ1n) is 4.72. The van der Waals surface area contributed by atoms with E-state index in [1.807, 2.05) is 0 Å². The van der Waals surface area contributed by atoms with Gasteiger partial charge in [0.05, 0.1) is 5.56 Å². The molecule has 0 saturated carbocycles. The number of alkyl halides is 3. The standard InChI is InChI=1S/C12H7F3NO/c13-12(14,15)9-5-2-1-4-8(9)11-10(17)6-3-7-16-11/h1-4,6-7,17H. The molecule has 5 heteroatoms. The lowest BCUT2D eigenvalue weighted by Crippen LogP contribution is -2.07. The summed E-state index contributed by atoms with van der Waals surface area (Å²) >= 11 is 0. The van der Waals surface area contributed by atoms with Gasteiger partial charge in [-0.1, -0.05) is 18.2 Å². The predicted octanol–water partition coefficient (Wildman–Crippen LogP) is 3.27. The lowest BCUT2D eigenvalue weighted by molar-refractivity contribution is -0.137. The number of halogens is 3. The molecule has 2 rings (SSSR count). The zero-order valence-electron chi connectivity index (χ0n) is 8.49. The van der Waals surface area contributed by atoms with E-state index in [0.29, 0.717) is 0 Å². The van der Waals surface area contributed by atoms with Crippen LogP contribution in [0.5, 0.6) is 5.75 Å². The molecule has 0 saturated heterocycles. The Kier molecular flexibility index (Phi) is 2.75. The molecular formula is C12H7F3NO. The number of aromatic nitrogens is 1. The highest BCUT2D eigenvalue weighted by molar-refractivity contribution is 5.69. The van der Waals surface area contributed by atoms with E-state index < -0.39 is 11.7 Å². The molecule has 0 unspecified atom stereocenters. The Labute approximate surface area is 95.4 Å². The van der Waals surface area contributed by atoms with Gasteiger partial charge in [-0.2, -0.15) is 13.2 Å². The van der Waals surface area contributed by atoms with Gasteiger partial charge in [-0.25, -0.2) is 0 Å². The van der Waals surface area contributed by atoms with E-state index in [0.717, 1.165) is 0 Å². The Bertz CT molecular complexity index is 537. The minimum Gasteiger partial charge on any atom is -0.506 e. The molecule has 0 aliphatic heterocycles. The molecule has 0 aliphatic carbocycles. The van der Waals surface area contributed by atoms with E-state index in [-0.39, 0.29) is 17.0 Å². The number of benzene rings is 1. The normalized spacial score (nSPS) is 11.5. The quantitative estimate of drug-likeness (QED) is 0.827. The van der Waals surface area contributed by atoms with Gasteiger partial charge >= 0.3 is 6.18 Å². The molecule has 0 atom stereocenters. The zero-order valence-corrected chi connectivity index (χ0v) is 8.49. The van der Waals surface area contributed by atoms with Crippen LogP contribution in [0.4, 0.5) is 13.2 Å². The third-order valence-corrected chi connectivity index (χ3v) is 2.18. The van der Waals surface area contributed by atoms with Crippen molar-refractivity contribution in [3.63, 3.8) is 0 Å². The molecule has 17 heavy (non-hydrogen) atoms. The Morgan fingerprint density at radius 1 is 1.18 bits per heavy atom. The summed E-state index contributed by atoms with van der Waals surface area (Å²) in [6.07, 6.45) is -3.21. The van der Waals surface area contributed by atoms with E-state index >= 15 is 0 Å². The average Bonchev–Trinajstić information content (AvgIpc) is 2.28. The van der Waals surface area contributed by atoms with E-state index in [1.54, 1.807) is 0 Å². The number of nitrogens with zero attached hydrogens (tertiary/aromatic N) is 1. The minimum atomic E-state index is -4.53. The van der Waals surface area contributed by atoms with Crippen molar-refractivity contribution in [1.29, 1.82) is 0 Å². The molecule has 1 aromatic carbocycles. The maximum Gasteiger partial charge on any atom is 0.417 e. The van der Waals surface area contributed by atoms with Crippen LogP contribution in [-0.4, -0.2) is 10.1 Å². The molecule has 0 amide bonds. The van der Waals surface area contributed by atoms with Crippen molar-refractivity contribution < 1.29 is 18.3 Å². The topological polar surface area (TPSA) is 33.1 Å². The van der Waals surface area contributed by atoms with Crippen LogP contribution in [0.1, 0.15) is 5.56 Å². The average molecular weight is 238 g/mol. The molecule has 0 bridgehead atoms. The highest BCUT2D eigenvalue weighted by atomic mass is 19.4. The van der Waals surface area contributed by atoms with Crippen LogP contribution in [0.15, 0.2) is 36.5 Å². The van der Waals surface area contributed by atoms with Crippen LogP contribution in [-0.2, 0) is 6.18 Å². The maximum atomic E-state index is 12.7. The highest BCUT2D eigenvalue weighted by Gasteiger charge is 2.34. The fraction of sp³-hybridized carbons (Fsp3) is 0.0833. The highest BCUT2D eigenvalue weighted by Crippen LogP contribution is 2.38. The van der Waals surface area contributed by atoms with Crippen molar-refractivity contribution in [3.05, 3.63) is 48.2 Å². The lowest BCUT2D eigenvalue weighted by Gasteiger charge is -2.12. The number of hydrogen-bond acceptors (Lipinski definition) is 2. The second-order valence-electron chi connectivity index (χ2n) is 3.33. The summed E-state index contributed by atoms with van der Waals surface area (Å²) in [6.45, 7) is 0. The molecule has 0 spiro atoms. The van der Waals surface area contributed by atoms with Gasteiger partial charge in [0.2, 0.25) is 0 Å². The third-order valence-electron chi connectivity index (χ3n) is 2.18. The summed E-state index contributed by atoms with van der Waals surface area (Å²) in [6, 6.07) is 8.70. The van der Waals surface area contributed by atoms with Crippen LogP contribution in [0.2, 0.25) is 0 Å². The molecule has 2 nitrogen and oxygen atoms in total. The van der Waals surface area contributed by atoms with Gasteiger partial charge in [0.25, 0.3) is 0 Å². The van der Waals surface area contributed by atoms with Crippen molar-refractivity contribution >= 4 is 0 Å². The SMILES string of the molecule is Oc1cccnc1-c1ccc[c]c1C(F)(F)F. The summed E-state index contributed by atoms with van der Waals surface area (Å²) in [4.78, 5) is 3.75. The van der Waals surface area contributed by atoms with E-state index in [2.05, 4.69) is 11.1 Å². The summed E-state index contributed by atoms with van der Waals surface area (Å²) in [5, 5.41) is 9.51. The summed E-state index contributed by atoms with van der Waals surface area (Å²) < 4.78 is 38.2. The third kappa shape index (κ3) is 2.22. The molecule has 2 aromatic rings. The lowest BCUT2D eigenvalue weighted by atomic mass is 10.0. The molecular weight excluding hydrogens is 231 g/mol. The van der Waals surface area contributed by atoms with Crippen molar-refractivity contribution in [2.45, 2.75) is 6.18 Å². The van der Waals surface area contributed by atoms with Gasteiger partial charge < -0.3 is 5.11 Å². The fourth-order valence-corrected chi connectivity index (χ4v) is 1.47. The van der Waals surface area contributed by atoms with Crippen molar-refractivity contribution in [3.8, 4) is 17.0 Å². The van der Waals surface area contributed by atoms with Gasteiger partial charge in [0, 0.05) is 11.8 Å². The van der Waals surface area contributed by atoms with Crippen molar-refractivity contribution in [2.75, 3.05) is 0 Å². The molecule has 1 heterocycles. The van der Waals surface area contributed by atoms with Gasteiger partial charge in [0.1, 0.15) is 11.4 Å². The first-order valence-corrected chi connectivity index (χ1v) is 4.72. The van der Waals surface area contributed by atoms with E-state index in [9.17, 15) is 18.3 Å². The van der Waals surface area contributed by atoms with Crippen LogP contribution < -0.4 is 0 Å². The van der Waals surface area contributed by atoms with Gasteiger partial charge in [0.15, 0.2) is 0 Å². The Balaban J connectivity index is 2.65. The number of hydrogen-bond donors (Lipinski definition) is 1. The van der Waals surface area contributed by atoms with Crippen molar-refractivity contribution in [2.24, 2.45) is 0 Å². The van der Waals surface area contributed by atoms with E-state index in [4.69, 9.17) is 0 Å². The van der Waals surface area contributed by atoms with Gasteiger partial charge in [-0.05, 0) is 18.2 Å². The molecule has 1 radical (unpaired) electrons. The molecule has 1 N–H and O–H groups in total. The van der Waals surface area contributed by atoms with Gasteiger partial charge in [-0.3, -0.25) is 4.98 Å². The number of aromatic hydroxyl groups is 1. The minimum absolute atomic E-state index is 0.100. The number of rotatable bonds is 1. The molecule has 0 aliphatic rings. The summed E-state index contributed by atoms with van der Waals surface area (Å²) in [5.74, 6) is -0.294. The summed E-state index contributed by atoms with van der Waals surface area (Å²) in [7, 11) is 0. The van der Waals surface area contributed by atoms with Crippen LogP contribution >= 0.6 is 0 Å². The predicted molar refractivity (Wildman–Crippen MR) is 55.2 cm³/mol. The number of pyridine rings is 1. The molecule has 1 aromatic heterocycles. The smallest absolute Gasteiger partial charge is 0.417 e. The summed E-state index contributed by atoms with van der Waals surface area (Å²) in [5.41, 5.74) is -1.22. The molecule has 87 valence electrons. The maximum absolute atomic E-state index is 12.7. The second-order valence-corrected chi connectivity index (χ2v) is 3.33. The molecule has 0 fully saturated rings. The Hall–Kier alpha value is -2.04. The van der Waals surface area contributed by atoms with E-state index in [1.165, 1.54) is 36.5 Å². The largest absolute Gasteiger partial charge is 0.506 e. The Morgan fingerprint density at radius 2 is 1.94 bits per heavy atom. The van der Waals surface area contributed by atoms with Gasteiger partial charge in [-0.15, -0.1) is 0 Å².